The molecule has 6 heteroatoms. The van der Waals surface area contributed by atoms with E-state index in [0.29, 0.717) is 6.42 Å². The van der Waals surface area contributed by atoms with E-state index in [1.807, 2.05) is 30.3 Å². The molecule has 4 rings (SSSR count). The molecule has 2 atom stereocenters. The van der Waals surface area contributed by atoms with Gasteiger partial charge in [-0.25, -0.2) is 8.42 Å². The third-order valence-corrected chi connectivity index (χ3v) is 6.62. The molecule has 1 aromatic carbocycles. The van der Waals surface area contributed by atoms with Crippen LogP contribution >= 0.6 is 0 Å². The van der Waals surface area contributed by atoms with Crippen LogP contribution in [0.1, 0.15) is 29.4 Å². The summed E-state index contributed by atoms with van der Waals surface area (Å²) in [6.45, 7) is 2.05. The molecule has 1 saturated heterocycles. The summed E-state index contributed by atoms with van der Waals surface area (Å²) in [5, 5.41) is 4.70. The van der Waals surface area contributed by atoms with Crippen molar-refractivity contribution in [2.24, 2.45) is 0 Å². The Morgan fingerprint density at radius 3 is 2.72 bits per heavy atom. The number of aromatic amines is 1. The van der Waals surface area contributed by atoms with Gasteiger partial charge in [-0.05, 0) is 31.5 Å². The molecular formula is C19H21N3O2S. The van der Waals surface area contributed by atoms with Gasteiger partial charge in [-0.2, -0.15) is 0 Å². The predicted molar refractivity (Wildman–Crippen MR) is 99.3 cm³/mol. The lowest BCUT2D eigenvalue weighted by atomic mass is 9.98. The molecule has 1 fully saturated rings. The summed E-state index contributed by atoms with van der Waals surface area (Å²) in [5.74, 6) is 0.449. The first kappa shape index (κ1) is 16.3. The van der Waals surface area contributed by atoms with E-state index >= 15 is 0 Å². The van der Waals surface area contributed by atoms with Crippen molar-refractivity contribution in [3.05, 3.63) is 65.6 Å². The van der Waals surface area contributed by atoms with Crippen molar-refractivity contribution >= 4 is 20.7 Å². The fourth-order valence-corrected chi connectivity index (χ4v) is 5.38. The Labute approximate surface area is 147 Å². The van der Waals surface area contributed by atoms with Crippen molar-refractivity contribution in [2.75, 3.05) is 11.5 Å². The Morgan fingerprint density at radius 2 is 2.00 bits per heavy atom. The Bertz CT molecular complexity index is 996. The minimum Gasteiger partial charge on any atom is -0.358 e. The van der Waals surface area contributed by atoms with Crippen molar-refractivity contribution < 1.29 is 8.42 Å². The SMILES string of the molecule is Cc1[nH]c2ccccc2c1C(NC1CCS(=O)(=O)C1)c1ccccn1. The van der Waals surface area contributed by atoms with E-state index in [2.05, 4.69) is 34.3 Å². The largest absolute Gasteiger partial charge is 0.358 e. The molecule has 3 aromatic rings. The van der Waals surface area contributed by atoms with Gasteiger partial charge in [0.25, 0.3) is 0 Å². The maximum absolute atomic E-state index is 11.9. The van der Waals surface area contributed by atoms with Gasteiger partial charge in [0.1, 0.15) is 0 Å². The topological polar surface area (TPSA) is 74.8 Å². The summed E-state index contributed by atoms with van der Waals surface area (Å²) in [7, 11) is -2.94. The molecule has 2 N–H and O–H groups in total. The third-order valence-electron chi connectivity index (χ3n) is 4.85. The highest BCUT2D eigenvalue weighted by molar-refractivity contribution is 7.91. The smallest absolute Gasteiger partial charge is 0.151 e. The van der Waals surface area contributed by atoms with Gasteiger partial charge in [0.2, 0.25) is 0 Å². The second-order valence-corrected chi connectivity index (χ2v) is 8.89. The molecule has 2 aromatic heterocycles. The van der Waals surface area contributed by atoms with Crippen LogP contribution in [0.5, 0.6) is 0 Å². The predicted octanol–water partition coefficient (Wildman–Crippen LogP) is 2.74. The lowest BCUT2D eigenvalue weighted by Gasteiger charge is -2.23. The van der Waals surface area contributed by atoms with Crippen LogP contribution in [0.4, 0.5) is 0 Å². The molecule has 2 unspecified atom stereocenters. The minimum atomic E-state index is -2.94. The third kappa shape index (κ3) is 3.19. The molecule has 130 valence electrons. The molecule has 0 saturated carbocycles. The van der Waals surface area contributed by atoms with Gasteiger partial charge in [0, 0.05) is 34.4 Å². The van der Waals surface area contributed by atoms with E-state index in [4.69, 9.17) is 0 Å². The van der Waals surface area contributed by atoms with E-state index in [0.717, 1.165) is 27.9 Å². The Kier molecular flexibility index (Phi) is 4.09. The zero-order valence-electron chi connectivity index (χ0n) is 14.1. The maximum Gasteiger partial charge on any atom is 0.151 e. The number of pyridine rings is 1. The van der Waals surface area contributed by atoms with Crippen LogP contribution in [-0.4, -0.2) is 35.9 Å². The summed E-state index contributed by atoms with van der Waals surface area (Å²) in [6.07, 6.45) is 2.42. The van der Waals surface area contributed by atoms with Crippen LogP contribution in [0.2, 0.25) is 0 Å². The fourth-order valence-electron chi connectivity index (χ4n) is 3.70. The van der Waals surface area contributed by atoms with Crippen molar-refractivity contribution in [1.82, 2.24) is 15.3 Å². The van der Waals surface area contributed by atoms with Crippen molar-refractivity contribution in [1.29, 1.82) is 0 Å². The number of sulfone groups is 1. The van der Waals surface area contributed by atoms with Crippen LogP contribution in [0.25, 0.3) is 10.9 Å². The highest BCUT2D eigenvalue weighted by Crippen LogP contribution is 2.32. The number of rotatable bonds is 4. The number of nitrogens with zero attached hydrogens (tertiary/aromatic N) is 1. The molecule has 0 spiro atoms. The van der Waals surface area contributed by atoms with E-state index in [9.17, 15) is 8.42 Å². The number of aromatic nitrogens is 2. The average Bonchev–Trinajstić information content (AvgIpc) is 3.12. The highest BCUT2D eigenvalue weighted by Gasteiger charge is 2.32. The Balaban J connectivity index is 1.79. The first-order chi connectivity index (χ1) is 12.0. The van der Waals surface area contributed by atoms with Crippen LogP contribution < -0.4 is 5.32 Å². The summed E-state index contributed by atoms with van der Waals surface area (Å²) in [6, 6.07) is 13.8. The molecule has 0 aliphatic carbocycles. The van der Waals surface area contributed by atoms with Gasteiger partial charge >= 0.3 is 0 Å². The monoisotopic (exact) mass is 355 g/mol. The van der Waals surface area contributed by atoms with Gasteiger partial charge in [0.15, 0.2) is 9.84 Å². The zero-order chi connectivity index (χ0) is 17.4. The maximum atomic E-state index is 11.9. The first-order valence-corrected chi connectivity index (χ1v) is 10.3. The fraction of sp³-hybridized carbons (Fsp3) is 0.316. The van der Waals surface area contributed by atoms with Crippen LogP contribution in [0.3, 0.4) is 0 Å². The van der Waals surface area contributed by atoms with Gasteiger partial charge in [-0.1, -0.05) is 24.3 Å². The molecule has 0 bridgehead atoms. The van der Waals surface area contributed by atoms with Gasteiger partial charge < -0.3 is 10.3 Å². The molecule has 0 amide bonds. The number of H-pyrrole nitrogens is 1. The number of hydrogen-bond donors (Lipinski definition) is 2. The number of hydrogen-bond acceptors (Lipinski definition) is 4. The normalized spacial score (nSPS) is 20.8. The molecule has 3 heterocycles. The number of aryl methyl sites for hydroxylation is 1. The van der Waals surface area contributed by atoms with Gasteiger partial charge in [-0.3, -0.25) is 4.98 Å². The Hall–Kier alpha value is -2.18. The van der Waals surface area contributed by atoms with E-state index in [-0.39, 0.29) is 23.6 Å². The summed E-state index contributed by atoms with van der Waals surface area (Å²) in [4.78, 5) is 7.97. The van der Waals surface area contributed by atoms with Crippen molar-refractivity contribution in [2.45, 2.75) is 25.4 Å². The van der Waals surface area contributed by atoms with E-state index in [1.165, 1.54) is 0 Å². The first-order valence-electron chi connectivity index (χ1n) is 8.48. The average molecular weight is 355 g/mol. The number of nitrogens with one attached hydrogen (secondary N) is 2. The molecule has 0 radical (unpaired) electrons. The second-order valence-electron chi connectivity index (χ2n) is 6.66. The van der Waals surface area contributed by atoms with E-state index < -0.39 is 9.84 Å². The molecule has 5 nitrogen and oxygen atoms in total. The van der Waals surface area contributed by atoms with Crippen molar-refractivity contribution in [3.8, 4) is 0 Å². The minimum absolute atomic E-state index is 0.0509. The standard InChI is InChI=1S/C19H21N3O2S/c1-13-18(15-6-2-3-7-16(15)21-13)19(17-8-4-5-10-20-17)22-14-9-11-25(23,24)12-14/h2-8,10,14,19,21-22H,9,11-12H2,1H3. The van der Waals surface area contributed by atoms with Crippen LogP contribution in [0, 0.1) is 6.92 Å². The van der Waals surface area contributed by atoms with E-state index in [1.54, 1.807) is 6.20 Å². The van der Waals surface area contributed by atoms with Gasteiger partial charge in [-0.15, -0.1) is 0 Å². The molecule has 25 heavy (non-hydrogen) atoms. The summed E-state index contributed by atoms with van der Waals surface area (Å²) < 4.78 is 23.7. The molecular weight excluding hydrogens is 334 g/mol. The van der Waals surface area contributed by atoms with Gasteiger partial charge in [0.05, 0.1) is 23.2 Å². The lowest BCUT2D eigenvalue weighted by Crippen LogP contribution is -2.35. The highest BCUT2D eigenvalue weighted by atomic mass is 32.2. The molecule has 1 aliphatic rings. The number of fused-ring (bicyclic) bond motifs is 1. The quantitative estimate of drug-likeness (QED) is 0.755. The summed E-state index contributed by atoms with van der Waals surface area (Å²) in [5.41, 5.74) is 4.19. The van der Waals surface area contributed by atoms with Crippen LogP contribution in [0.15, 0.2) is 48.7 Å². The lowest BCUT2D eigenvalue weighted by molar-refractivity contribution is 0.498. The second kappa shape index (κ2) is 6.28. The number of benzene rings is 1. The number of para-hydroxylation sites is 1. The summed E-state index contributed by atoms with van der Waals surface area (Å²) >= 11 is 0. The van der Waals surface area contributed by atoms with Crippen LogP contribution in [-0.2, 0) is 9.84 Å². The Morgan fingerprint density at radius 1 is 1.20 bits per heavy atom. The zero-order valence-corrected chi connectivity index (χ0v) is 14.9. The van der Waals surface area contributed by atoms with Crippen molar-refractivity contribution in [3.63, 3.8) is 0 Å². The molecule has 1 aliphatic heterocycles.